The normalized spacial score (nSPS) is 22.5. The van der Waals surface area contributed by atoms with Crippen molar-refractivity contribution in [2.75, 3.05) is 19.7 Å². The average molecular weight is 237 g/mol. The number of aromatic nitrogens is 2. The van der Waals surface area contributed by atoms with Crippen LogP contribution in [0.25, 0.3) is 0 Å². The van der Waals surface area contributed by atoms with Gasteiger partial charge in [0.25, 0.3) is 5.91 Å². The minimum Gasteiger partial charge on any atom is -0.374 e. The number of imidazole rings is 1. The molecule has 1 aromatic heterocycles. The molecule has 1 saturated heterocycles. The molecule has 2 unspecified atom stereocenters. The van der Waals surface area contributed by atoms with E-state index in [-0.39, 0.29) is 12.0 Å². The summed E-state index contributed by atoms with van der Waals surface area (Å²) in [5.41, 5.74) is 0. The molecule has 94 valence electrons. The topological polar surface area (TPSA) is 58.2 Å². The second kappa shape index (κ2) is 5.31. The molecule has 1 aliphatic rings. The van der Waals surface area contributed by atoms with Crippen molar-refractivity contribution in [1.29, 1.82) is 0 Å². The van der Waals surface area contributed by atoms with E-state index in [9.17, 15) is 4.79 Å². The van der Waals surface area contributed by atoms with Crippen LogP contribution in [-0.2, 0) is 4.74 Å². The van der Waals surface area contributed by atoms with Gasteiger partial charge in [0.05, 0.1) is 12.7 Å². The summed E-state index contributed by atoms with van der Waals surface area (Å²) in [5.74, 6) is 0.851. The number of carbonyl (C=O) groups is 1. The average Bonchev–Trinajstić information content (AvgIpc) is 2.91. The van der Waals surface area contributed by atoms with Crippen molar-refractivity contribution in [2.24, 2.45) is 5.92 Å². The zero-order chi connectivity index (χ0) is 12.3. The molecule has 0 aliphatic carbocycles. The van der Waals surface area contributed by atoms with E-state index in [0.717, 1.165) is 6.42 Å². The summed E-state index contributed by atoms with van der Waals surface area (Å²) < 4.78 is 5.70. The first kappa shape index (κ1) is 12.1. The zero-order valence-corrected chi connectivity index (χ0v) is 10.3. The van der Waals surface area contributed by atoms with E-state index in [1.165, 1.54) is 0 Å². The third kappa shape index (κ3) is 2.66. The van der Waals surface area contributed by atoms with Crippen molar-refractivity contribution in [3.8, 4) is 0 Å². The van der Waals surface area contributed by atoms with Gasteiger partial charge in [0.15, 0.2) is 5.82 Å². The van der Waals surface area contributed by atoms with Gasteiger partial charge in [-0.15, -0.1) is 0 Å². The summed E-state index contributed by atoms with van der Waals surface area (Å²) in [6.07, 6.45) is 4.47. The molecular weight excluding hydrogens is 218 g/mol. The van der Waals surface area contributed by atoms with Crippen molar-refractivity contribution in [1.82, 2.24) is 14.9 Å². The van der Waals surface area contributed by atoms with Crippen LogP contribution in [0.4, 0.5) is 0 Å². The predicted molar refractivity (Wildman–Crippen MR) is 63.7 cm³/mol. The fourth-order valence-corrected chi connectivity index (χ4v) is 2.00. The lowest BCUT2D eigenvalue weighted by atomic mass is 10.0. The number of aromatic amines is 1. The molecule has 0 saturated carbocycles. The number of hydrogen-bond acceptors (Lipinski definition) is 3. The fraction of sp³-hybridized carbons (Fsp3) is 0.667. The number of hydrogen-bond donors (Lipinski definition) is 1. The van der Waals surface area contributed by atoms with Crippen molar-refractivity contribution in [2.45, 2.75) is 26.4 Å². The number of amides is 1. The van der Waals surface area contributed by atoms with Crippen LogP contribution in [0.2, 0.25) is 0 Å². The highest BCUT2D eigenvalue weighted by atomic mass is 16.5. The first-order valence-corrected chi connectivity index (χ1v) is 6.12. The monoisotopic (exact) mass is 237 g/mol. The number of morpholine rings is 1. The molecule has 0 radical (unpaired) electrons. The van der Waals surface area contributed by atoms with Crippen LogP contribution in [0, 0.1) is 5.92 Å². The maximum absolute atomic E-state index is 12.1. The molecule has 17 heavy (non-hydrogen) atoms. The van der Waals surface area contributed by atoms with Crippen LogP contribution in [0.15, 0.2) is 12.4 Å². The van der Waals surface area contributed by atoms with Crippen LogP contribution >= 0.6 is 0 Å². The van der Waals surface area contributed by atoms with E-state index in [4.69, 9.17) is 4.74 Å². The Kier molecular flexibility index (Phi) is 3.78. The van der Waals surface area contributed by atoms with Gasteiger partial charge in [-0.3, -0.25) is 4.79 Å². The molecule has 2 heterocycles. The number of nitrogens with one attached hydrogen (secondary N) is 1. The molecule has 0 aromatic carbocycles. The highest BCUT2D eigenvalue weighted by molar-refractivity contribution is 5.90. The summed E-state index contributed by atoms with van der Waals surface area (Å²) in [6, 6.07) is 0. The Morgan fingerprint density at radius 3 is 3.24 bits per heavy atom. The molecule has 0 spiro atoms. The van der Waals surface area contributed by atoms with Crippen LogP contribution in [-0.4, -0.2) is 46.6 Å². The second-order valence-electron chi connectivity index (χ2n) is 4.48. The van der Waals surface area contributed by atoms with Crippen molar-refractivity contribution < 1.29 is 9.53 Å². The minimum absolute atomic E-state index is 0.0356. The molecule has 2 rings (SSSR count). The van der Waals surface area contributed by atoms with Gasteiger partial charge in [0, 0.05) is 25.5 Å². The molecule has 5 nitrogen and oxygen atoms in total. The van der Waals surface area contributed by atoms with Gasteiger partial charge >= 0.3 is 0 Å². The van der Waals surface area contributed by atoms with Gasteiger partial charge in [0.1, 0.15) is 0 Å². The number of H-pyrrole nitrogens is 1. The first-order chi connectivity index (χ1) is 8.22. The predicted octanol–water partition coefficient (Wildman–Crippen LogP) is 1.30. The van der Waals surface area contributed by atoms with Gasteiger partial charge in [-0.25, -0.2) is 4.98 Å². The van der Waals surface area contributed by atoms with Crippen molar-refractivity contribution >= 4 is 5.91 Å². The Balaban J connectivity index is 2.00. The van der Waals surface area contributed by atoms with E-state index >= 15 is 0 Å². The van der Waals surface area contributed by atoms with Gasteiger partial charge in [-0.1, -0.05) is 20.3 Å². The Bertz CT molecular complexity index is 364. The number of nitrogens with zero attached hydrogens (tertiary/aromatic N) is 2. The molecule has 1 aliphatic heterocycles. The largest absolute Gasteiger partial charge is 0.374 e. The standard InChI is InChI=1S/C12H19N3O2/c1-3-9(2)10-8-15(6-7-17-10)12(16)11-13-4-5-14-11/h4-5,9-10H,3,6-8H2,1-2H3,(H,13,14). The van der Waals surface area contributed by atoms with Crippen LogP contribution in [0.5, 0.6) is 0 Å². The first-order valence-electron chi connectivity index (χ1n) is 6.12. The van der Waals surface area contributed by atoms with Gasteiger partial charge in [0.2, 0.25) is 0 Å². The van der Waals surface area contributed by atoms with Crippen molar-refractivity contribution in [3.05, 3.63) is 18.2 Å². The highest BCUT2D eigenvalue weighted by Gasteiger charge is 2.28. The smallest absolute Gasteiger partial charge is 0.289 e. The lowest BCUT2D eigenvalue weighted by Crippen LogP contribution is -2.48. The fourth-order valence-electron chi connectivity index (χ4n) is 2.00. The minimum atomic E-state index is -0.0356. The van der Waals surface area contributed by atoms with Crippen LogP contribution in [0.3, 0.4) is 0 Å². The Morgan fingerprint density at radius 2 is 2.59 bits per heavy atom. The molecule has 2 atom stereocenters. The summed E-state index contributed by atoms with van der Waals surface area (Å²) >= 11 is 0. The molecule has 1 N–H and O–H groups in total. The third-order valence-corrected chi connectivity index (χ3v) is 3.36. The highest BCUT2D eigenvalue weighted by Crippen LogP contribution is 2.17. The van der Waals surface area contributed by atoms with Crippen LogP contribution < -0.4 is 0 Å². The quantitative estimate of drug-likeness (QED) is 0.862. The number of rotatable bonds is 3. The Hall–Kier alpha value is -1.36. The second-order valence-corrected chi connectivity index (χ2v) is 4.48. The lowest BCUT2D eigenvalue weighted by Gasteiger charge is -2.35. The maximum Gasteiger partial charge on any atom is 0.289 e. The maximum atomic E-state index is 12.1. The summed E-state index contributed by atoms with van der Waals surface area (Å²) in [4.78, 5) is 20.8. The van der Waals surface area contributed by atoms with E-state index in [0.29, 0.717) is 31.4 Å². The molecule has 0 bridgehead atoms. The van der Waals surface area contributed by atoms with Gasteiger partial charge < -0.3 is 14.6 Å². The number of carbonyl (C=O) groups excluding carboxylic acids is 1. The summed E-state index contributed by atoms with van der Waals surface area (Å²) in [6.45, 7) is 6.22. The van der Waals surface area contributed by atoms with Gasteiger partial charge in [-0.2, -0.15) is 0 Å². The molecule has 5 heteroatoms. The summed E-state index contributed by atoms with van der Waals surface area (Å²) in [7, 11) is 0. The van der Waals surface area contributed by atoms with E-state index in [1.54, 1.807) is 12.4 Å². The Labute approximate surface area is 101 Å². The summed E-state index contributed by atoms with van der Waals surface area (Å²) in [5, 5.41) is 0. The SMILES string of the molecule is CCC(C)C1CN(C(=O)c2ncc[nH]2)CCO1. The van der Waals surface area contributed by atoms with E-state index in [2.05, 4.69) is 23.8 Å². The molecular formula is C12H19N3O2. The molecule has 1 fully saturated rings. The Morgan fingerprint density at radius 1 is 1.76 bits per heavy atom. The number of ether oxygens (including phenoxy) is 1. The zero-order valence-electron chi connectivity index (χ0n) is 10.3. The van der Waals surface area contributed by atoms with E-state index < -0.39 is 0 Å². The van der Waals surface area contributed by atoms with Gasteiger partial charge in [-0.05, 0) is 5.92 Å². The molecule has 1 aromatic rings. The third-order valence-electron chi connectivity index (χ3n) is 3.36. The van der Waals surface area contributed by atoms with Crippen molar-refractivity contribution in [3.63, 3.8) is 0 Å². The lowest BCUT2D eigenvalue weighted by molar-refractivity contribution is -0.0464. The molecule has 1 amide bonds. The van der Waals surface area contributed by atoms with Crippen LogP contribution in [0.1, 0.15) is 30.9 Å². The van der Waals surface area contributed by atoms with E-state index in [1.807, 2.05) is 4.90 Å².